The molecule has 0 aromatic heterocycles. The lowest BCUT2D eigenvalue weighted by Gasteiger charge is -2.13. The predicted molar refractivity (Wildman–Crippen MR) is 74.3 cm³/mol. The summed E-state index contributed by atoms with van der Waals surface area (Å²) < 4.78 is 0. The number of benzene rings is 1. The highest BCUT2D eigenvalue weighted by atomic mass is 16.3. The van der Waals surface area contributed by atoms with E-state index in [1.807, 2.05) is 0 Å². The monoisotopic (exact) mass is 234 g/mol. The summed E-state index contributed by atoms with van der Waals surface area (Å²) in [6, 6.07) is 8.65. The summed E-state index contributed by atoms with van der Waals surface area (Å²) in [6.07, 6.45) is 2.60. The fourth-order valence-corrected chi connectivity index (χ4v) is 1.94. The van der Waals surface area contributed by atoms with Crippen LogP contribution in [0.5, 0.6) is 0 Å². The summed E-state index contributed by atoms with van der Waals surface area (Å²) in [5.74, 6) is 1.25. The van der Waals surface area contributed by atoms with Gasteiger partial charge in [-0.1, -0.05) is 52.0 Å². The Hall–Kier alpha value is -0.820. The first kappa shape index (κ1) is 14.2. The van der Waals surface area contributed by atoms with Crippen LogP contribution in [0, 0.1) is 5.92 Å². The van der Waals surface area contributed by atoms with Gasteiger partial charge in [0.2, 0.25) is 0 Å². The maximum Gasteiger partial charge on any atom is 0.0580 e. The first-order valence-electron chi connectivity index (χ1n) is 6.76. The Kier molecular flexibility index (Phi) is 5.70. The number of aliphatic hydroxyl groups excluding tert-OH is 1. The molecule has 0 amide bonds. The molecule has 17 heavy (non-hydrogen) atoms. The largest absolute Gasteiger partial charge is 0.393 e. The minimum Gasteiger partial charge on any atom is -0.393 e. The molecule has 1 heteroatoms. The highest BCUT2D eigenvalue weighted by Crippen LogP contribution is 2.16. The van der Waals surface area contributed by atoms with Crippen LogP contribution in [0.1, 0.15) is 57.6 Å². The van der Waals surface area contributed by atoms with Crippen LogP contribution in [0.25, 0.3) is 0 Å². The quantitative estimate of drug-likeness (QED) is 0.784. The summed E-state index contributed by atoms with van der Waals surface area (Å²) in [5.41, 5.74) is 2.61. The third-order valence-corrected chi connectivity index (χ3v) is 3.19. The fraction of sp³-hybridized carbons (Fsp3) is 0.625. The van der Waals surface area contributed by atoms with Crippen molar-refractivity contribution in [3.8, 4) is 0 Å². The highest BCUT2D eigenvalue weighted by molar-refractivity contribution is 5.25. The van der Waals surface area contributed by atoms with Crippen molar-refractivity contribution in [2.24, 2.45) is 5.92 Å². The van der Waals surface area contributed by atoms with E-state index in [0.29, 0.717) is 11.8 Å². The standard InChI is InChI=1S/C16H26O/c1-12(2)5-10-16(17)11-14-6-8-15(9-7-14)13(3)4/h6-9,12-13,16-17H,5,10-11H2,1-4H3. The van der Waals surface area contributed by atoms with E-state index in [9.17, 15) is 5.11 Å². The first-order valence-corrected chi connectivity index (χ1v) is 6.76. The van der Waals surface area contributed by atoms with Crippen molar-refractivity contribution >= 4 is 0 Å². The molecular weight excluding hydrogens is 208 g/mol. The highest BCUT2D eigenvalue weighted by Gasteiger charge is 2.07. The molecule has 0 saturated carbocycles. The van der Waals surface area contributed by atoms with Crippen LogP contribution >= 0.6 is 0 Å². The second-order valence-electron chi connectivity index (χ2n) is 5.73. The molecule has 96 valence electrons. The first-order chi connectivity index (χ1) is 7.99. The van der Waals surface area contributed by atoms with Crippen molar-refractivity contribution < 1.29 is 5.11 Å². The summed E-state index contributed by atoms with van der Waals surface area (Å²) in [4.78, 5) is 0. The Bertz CT molecular complexity index is 311. The van der Waals surface area contributed by atoms with Gasteiger partial charge in [-0.05, 0) is 42.2 Å². The van der Waals surface area contributed by atoms with Crippen LogP contribution < -0.4 is 0 Å². The molecule has 0 saturated heterocycles. The molecule has 0 aliphatic carbocycles. The lowest BCUT2D eigenvalue weighted by Crippen LogP contribution is -2.11. The Labute approximate surface area is 106 Å². The molecule has 0 fully saturated rings. The lowest BCUT2D eigenvalue weighted by atomic mass is 9.97. The molecule has 1 rings (SSSR count). The average Bonchev–Trinajstić information content (AvgIpc) is 2.27. The SMILES string of the molecule is CC(C)CCC(O)Cc1ccc(C(C)C)cc1. The second-order valence-corrected chi connectivity index (χ2v) is 5.73. The molecule has 1 nitrogen and oxygen atoms in total. The molecule has 1 unspecified atom stereocenters. The van der Waals surface area contributed by atoms with Crippen LogP contribution in [0.4, 0.5) is 0 Å². The van der Waals surface area contributed by atoms with Gasteiger partial charge in [0.15, 0.2) is 0 Å². The smallest absolute Gasteiger partial charge is 0.0580 e. The minimum absolute atomic E-state index is 0.192. The van der Waals surface area contributed by atoms with E-state index in [4.69, 9.17) is 0 Å². The Morgan fingerprint density at radius 3 is 2.00 bits per heavy atom. The lowest BCUT2D eigenvalue weighted by molar-refractivity contribution is 0.157. The van der Waals surface area contributed by atoms with E-state index in [-0.39, 0.29) is 6.10 Å². The predicted octanol–water partition coefficient (Wildman–Crippen LogP) is 4.15. The molecule has 1 aromatic carbocycles. The van der Waals surface area contributed by atoms with Gasteiger partial charge in [0.05, 0.1) is 6.10 Å². The Morgan fingerprint density at radius 1 is 0.941 bits per heavy atom. The Balaban J connectivity index is 2.45. The van der Waals surface area contributed by atoms with E-state index in [1.54, 1.807) is 0 Å². The van der Waals surface area contributed by atoms with Gasteiger partial charge < -0.3 is 5.11 Å². The molecule has 1 atom stereocenters. The zero-order chi connectivity index (χ0) is 12.8. The van der Waals surface area contributed by atoms with E-state index in [1.165, 1.54) is 11.1 Å². The van der Waals surface area contributed by atoms with E-state index >= 15 is 0 Å². The van der Waals surface area contributed by atoms with Crippen molar-refractivity contribution in [2.45, 2.75) is 59.0 Å². The van der Waals surface area contributed by atoms with Crippen molar-refractivity contribution in [3.63, 3.8) is 0 Å². The van der Waals surface area contributed by atoms with Gasteiger partial charge in [-0.2, -0.15) is 0 Å². The molecule has 0 heterocycles. The number of aliphatic hydroxyl groups is 1. The third kappa shape index (κ3) is 5.36. The van der Waals surface area contributed by atoms with Gasteiger partial charge in [0.1, 0.15) is 0 Å². The molecule has 0 aliphatic heterocycles. The van der Waals surface area contributed by atoms with E-state index in [2.05, 4.69) is 52.0 Å². The van der Waals surface area contributed by atoms with E-state index < -0.39 is 0 Å². The summed E-state index contributed by atoms with van der Waals surface area (Å²) in [6.45, 7) is 8.80. The summed E-state index contributed by atoms with van der Waals surface area (Å²) in [5, 5.41) is 9.93. The average molecular weight is 234 g/mol. The maximum absolute atomic E-state index is 9.93. The summed E-state index contributed by atoms with van der Waals surface area (Å²) >= 11 is 0. The van der Waals surface area contributed by atoms with Gasteiger partial charge in [-0.15, -0.1) is 0 Å². The van der Waals surface area contributed by atoms with Crippen LogP contribution in [-0.2, 0) is 6.42 Å². The molecular formula is C16H26O. The fourth-order valence-electron chi connectivity index (χ4n) is 1.94. The van der Waals surface area contributed by atoms with E-state index in [0.717, 1.165) is 19.3 Å². The normalized spacial score (nSPS) is 13.4. The van der Waals surface area contributed by atoms with Gasteiger partial charge in [-0.25, -0.2) is 0 Å². The topological polar surface area (TPSA) is 20.2 Å². The van der Waals surface area contributed by atoms with Gasteiger partial charge in [0, 0.05) is 0 Å². The number of rotatable bonds is 6. The molecule has 0 aliphatic rings. The molecule has 0 bridgehead atoms. The van der Waals surface area contributed by atoms with Crippen LogP contribution in [0.15, 0.2) is 24.3 Å². The van der Waals surface area contributed by atoms with Crippen molar-refractivity contribution in [1.82, 2.24) is 0 Å². The van der Waals surface area contributed by atoms with Crippen LogP contribution in [0.3, 0.4) is 0 Å². The minimum atomic E-state index is -0.192. The number of hydrogen-bond acceptors (Lipinski definition) is 1. The van der Waals surface area contributed by atoms with Gasteiger partial charge in [0.25, 0.3) is 0 Å². The zero-order valence-electron chi connectivity index (χ0n) is 11.6. The zero-order valence-corrected chi connectivity index (χ0v) is 11.6. The van der Waals surface area contributed by atoms with Crippen LogP contribution in [0.2, 0.25) is 0 Å². The number of hydrogen-bond donors (Lipinski definition) is 1. The van der Waals surface area contributed by atoms with Crippen molar-refractivity contribution in [2.75, 3.05) is 0 Å². The second kappa shape index (κ2) is 6.80. The van der Waals surface area contributed by atoms with Crippen LogP contribution in [-0.4, -0.2) is 11.2 Å². The Morgan fingerprint density at radius 2 is 1.53 bits per heavy atom. The maximum atomic E-state index is 9.93. The molecule has 0 radical (unpaired) electrons. The third-order valence-electron chi connectivity index (χ3n) is 3.19. The molecule has 1 N–H and O–H groups in total. The van der Waals surface area contributed by atoms with Gasteiger partial charge >= 0.3 is 0 Å². The van der Waals surface area contributed by atoms with Crippen molar-refractivity contribution in [1.29, 1.82) is 0 Å². The summed E-state index contributed by atoms with van der Waals surface area (Å²) in [7, 11) is 0. The molecule has 0 spiro atoms. The molecule has 1 aromatic rings. The van der Waals surface area contributed by atoms with Gasteiger partial charge in [-0.3, -0.25) is 0 Å². The van der Waals surface area contributed by atoms with Crippen molar-refractivity contribution in [3.05, 3.63) is 35.4 Å².